The number of rotatable bonds is 5. The van der Waals surface area contributed by atoms with Crippen molar-refractivity contribution >= 4 is 58.6 Å². The topological polar surface area (TPSA) is 49.4 Å². The summed E-state index contributed by atoms with van der Waals surface area (Å²) < 4.78 is 0. The fourth-order valence-electron chi connectivity index (χ4n) is 2.47. The van der Waals surface area contributed by atoms with Crippen LogP contribution in [0.25, 0.3) is 6.08 Å². The highest BCUT2D eigenvalue weighted by molar-refractivity contribution is 7.99. The molecule has 1 N–H and O–H groups in total. The van der Waals surface area contributed by atoms with Crippen LogP contribution in [0.3, 0.4) is 0 Å². The van der Waals surface area contributed by atoms with E-state index >= 15 is 0 Å². The maximum absolute atomic E-state index is 12.7. The van der Waals surface area contributed by atoms with Crippen LogP contribution >= 0.6 is 35.6 Å². The summed E-state index contributed by atoms with van der Waals surface area (Å²) in [5.41, 5.74) is 0.803. The van der Waals surface area contributed by atoms with Crippen molar-refractivity contribution in [2.75, 3.05) is 6.54 Å². The molecule has 0 aromatic heterocycles. The van der Waals surface area contributed by atoms with Crippen LogP contribution in [0.5, 0.6) is 0 Å². The molecule has 3 rings (SSSR count). The Morgan fingerprint density at radius 1 is 1.15 bits per heavy atom. The summed E-state index contributed by atoms with van der Waals surface area (Å²) in [7, 11) is 0. The van der Waals surface area contributed by atoms with Gasteiger partial charge < -0.3 is 0 Å². The number of nitrogens with one attached hydrogen (secondary N) is 1. The van der Waals surface area contributed by atoms with Crippen molar-refractivity contribution in [2.24, 2.45) is 0 Å². The van der Waals surface area contributed by atoms with E-state index in [1.54, 1.807) is 12.2 Å². The molecule has 1 aliphatic heterocycles. The fraction of sp³-hybridized carbons (Fsp3) is 0.0500. The summed E-state index contributed by atoms with van der Waals surface area (Å²) in [6, 6.07) is 15.0. The number of carbonyl (C=O) groups excluding carboxylic acids is 2. The first-order valence-corrected chi connectivity index (χ1v) is 9.62. The maximum atomic E-state index is 12.7. The molecule has 7 heteroatoms. The van der Waals surface area contributed by atoms with Gasteiger partial charge in [0, 0.05) is 21.4 Å². The predicted octanol–water partition coefficient (Wildman–Crippen LogP) is 4.30. The second-order valence-corrected chi connectivity index (χ2v) is 7.55. The van der Waals surface area contributed by atoms with Gasteiger partial charge in [-0.25, -0.2) is 0 Å². The molecule has 4 nitrogen and oxygen atoms in total. The van der Waals surface area contributed by atoms with Crippen molar-refractivity contribution in [3.05, 3.63) is 77.3 Å². The first-order valence-electron chi connectivity index (χ1n) is 8.02. The Hall–Kier alpha value is -2.41. The summed E-state index contributed by atoms with van der Waals surface area (Å²) in [4.78, 5) is 28.2. The second-order valence-electron chi connectivity index (χ2n) is 5.62. The number of benzene rings is 2. The monoisotopic (exact) mass is 414 g/mol. The van der Waals surface area contributed by atoms with Crippen molar-refractivity contribution in [3.8, 4) is 0 Å². The summed E-state index contributed by atoms with van der Waals surface area (Å²) in [5.74, 6) is -0.938. The van der Waals surface area contributed by atoms with Crippen LogP contribution in [0.2, 0.25) is 5.02 Å². The molecule has 1 heterocycles. The zero-order chi connectivity index (χ0) is 19.4. The van der Waals surface area contributed by atoms with Gasteiger partial charge in [0.05, 0.1) is 0 Å². The standard InChI is InChI=1S/C20H15ClN2O2S2/c1-2-11-23-19(25)16(18(24)22-20(23)26)12-13-5-3-4-6-17(13)27-15-9-7-14(21)8-10-15/h2-10,12H,1,11H2,(H,22,24,26). The number of carbonyl (C=O) groups is 2. The van der Waals surface area contributed by atoms with Crippen LogP contribution in [0, 0.1) is 0 Å². The van der Waals surface area contributed by atoms with Gasteiger partial charge in [0.1, 0.15) is 5.57 Å². The Kier molecular flexibility index (Phi) is 6.11. The molecule has 1 aliphatic rings. The van der Waals surface area contributed by atoms with Crippen molar-refractivity contribution < 1.29 is 9.59 Å². The third kappa shape index (κ3) is 4.47. The third-order valence-electron chi connectivity index (χ3n) is 3.76. The van der Waals surface area contributed by atoms with Crippen LogP contribution in [0.4, 0.5) is 0 Å². The molecule has 1 fully saturated rings. The van der Waals surface area contributed by atoms with Gasteiger partial charge in [0.15, 0.2) is 5.11 Å². The summed E-state index contributed by atoms with van der Waals surface area (Å²) in [6.45, 7) is 3.85. The summed E-state index contributed by atoms with van der Waals surface area (Å²) in [5, 5.41) is 3.30. The van der Waals surface area contributed by atoms with Crippen LogP contribution in [0.1, 0.15) is 5.56 Å². The van der Waals surface area contributed by atoms with Gasteiger partial charge in [-0.3, -0.25) is 19.8 Å². The second kappa shape index (κ2) is 8.52. The molecule has 0 aliphatic carbocycles. The highest BCUT2D eigenvalue weighted by Gasteiger charge is 2.32. The van der Waals surface area contributed by atoms with E-state index in [2.05, 4.69) is 11.9 Å². The molecule has 2 amide bonds. The lowest BCUT2D eigenvalue weighted by Gasteiger charge is -2.27. The van der Waals surface area contributed by atoms with E-state index < -0.39 is 11.8 Å². The summed E-state index contributed by atoms with van der Waals surface area (Å²) in [6.07, 6.45) is 3.15. The highest BCUT2D eigenvalue weighted by Crippen LogP contribution is 2.32. The number of halogens is 1. The van der Waals surface area contributed by atoms with Gasteiger partial charge >= 0.3 is 0 Å². The van der Waals surface area contributed by atoms with Gasteiger partial charge in [-0.05, 0) is 54.2 Å². The van der Waals surface area contributed by atoms with Gasteiger partial charge in [0.25, 0.3) is 11.8 Å². The minimum Gasteiger partial charge on any atom is -0.298 e. The van der Waals surface area contributed by atoms with E-state index in [0.29, 0.717) is 5.02 Å². The minimum absolute atomic E-state index is 0.0367. The number of amides is 2. The van der Waals surface area contributed by atoms with Gasteiger partial charge in [-0.15, -0.1) is 6.58 Å². The van der Waals surface area contributed by atoms with Crippen molar-refractivity contribution in [1.82, 2.24) is 10.2 Å². The van der Waals surface area contributed by atoms with Crippen LogP contribution < -0.4 is 5.32 Å². The Morgan fingerprint density at radius 2 is 1.85 bits per heavy atom. The quantitative estimate of drug-likeness (QED) is 0.343. The molecule has 0 saturated carbocycles. The number of nitrogens with zero attached hydrogens (tertiary/aromatic N) is 1. The normalized spacial score (nSPS) is 15.8. The fourth-order valence-corrected chi connectivity index (χ4v) is 3.76. The molecular formula is C20H15ClN2O2S2. The zero-order valence-electron chi connectivity index (χ0n) is 14.1. The maximum Gasteiger partial charge on any atom is 0.265 e. The van der Waals surface area contributed by atoms with E-state index in [1.165, 1.54) is 16.7 Å². The molecule has 2 aromatic rings. The zero-order valence-corrected chi connectivity index (χ0v) is 16.5. The average molecular weight is 415 g/mol. The van der Waals surface area contributed by atoms with Crippen molar-refractivity contribution in [3.63, 3.8) is 0 Å². The van der Waals surface area contributed by atoms with Crippen LogP contribution in [0.15, 0.2) is 76.5 Å². The molecule has 0 unspecified atom stereocenters. The highest BCUT2D eigenvalue weighted by atomic mass is 35.5. The van der Waals surface area contributed by atoms with Crippen LogP contribution in [-0.2, 0) is 9.59 Å². The molecular weight excluding hydrogens is 400 g/mol. The number of hydrogen-bond donors (Lipinski definition) is 1. The van der Waals surface area contributed by atoms with Gasteiger partial charge in [-0.1, -0.05) is 47.6 Å². The molecule has 1 saturated heterocycles. The Balaban J connectivity index is 1.95. The molecule has 0 spiro atoms. The molecule has 0 bridgehead atoms. The van der Waals surface area contributed by atoms with E-state index in [0.717, 1.165) is 15.4 Å². The predicted molar refractivity (Wildman–Crippen MR) is 113 cm³/mol. The van der Waals surface area contributed by atoms with Gasteiger partial charge in [0.2, 0.25) is 0 Å². The molecule has 27 heavy (non-hydrogen) atoms. The van der Waals surface area contributed by atoms with E-state index in [9.17, 15) is 9.59 Å². The van der Waals surface area contributed by atoms with Crippen LogP contribution in [-0.4, -0.2) is 28.4 Å². The first kappa shape index (κ1) is 19.4. The number of thiocarbonyl (C=S) groups is 1. The third-order valence-corrected chi connectivity index (χ3v) is 5.43. The largest absolute Gasteiger partial charge is 0.298 e. The molecule has 0 radical (unpaired) electrons. The van der Waals surface area contributed by atoms with E-state index in [4.69, 9.17) is 23.8 Å². The first-order chi connectivity index (χ1) is 13.0. The molecule has 2 aromatic carbocycles. The Labute approximate surface area is 171 Å². The molecule has 0 atom stereocenters. The number of hydrogen-bond acceptors (Lipinski definition) is 4. The molecule has 136 valence electrons. The van der Waals surface area contributed by atoms with Crippen molar-refractivity contribution in [1.29, 1.82) is 0 Å². The average Bonchev–Trinajstić information content (AvgIpc) is 2.65. The lowest BCUT2D eigenvalue weighted by molar-refractivity contribution is -0.128. The van der Waals surface area contributed by atoms with Gasteiger partial charge in [-0.2, -0.15) is 0 Å². The Bertz CT molecular complexity index is 955. The Morgan fingerprint density at radius 3 is 2.56 bits per heavy atom. The lowest BCUT2D eigenvalue weighted by atomic mass is 10.1. The lowest BCUT2D eigenvalue weighted by Crippen LogP contribution is -2.53. The van der Waals surface area contributed by atoms with E-state index in [1.807, 2.05) is 48.5 Å². The smallest absolute Gasteiger partial charge is 0.265 e. The summed E-state index contributed by atoms with van der Waals surface area (Å²) >= 11 is 12.5. The minimum atomic E-state index is -0.503. The SMILES string of the molecule is C=CCN1C(=O)C(=Cc2ccccc2Sc2ccc(Cl)cc2)C(=O)NC1=S. The van der Waals surface area contributed by atoms with Crippen molar-refractivity contribution in [2.45, 2.75) is 9.79 Å². The van der Waals surface area contributed by atoms with E-state index in [-0.39, 0.29) is 17.2 Å².